The number of carbonyl (C=O) groups is 5. The average Bonchev–Trinajstić information content (AvgIpc) is 3.26. The fraction of sp³-hybridized carbons (Fsp3) is 0.481. The largest absolute Gasteiger partial charge is 0.496 e. The number of hydrogen-bond donors (Lipinski definition) is 0. The molecule has 8 nitrogen and oxygen atoms in total. The van der Waals surface area contributed by atoms with Crippen LogP contribution in [0.2, 0.25) is 0 Å². The summed E-state index contributed by atoms with van der Waals surface area (Å²) in [5.74, 6) is 1.54. The van der Waals surface area contributed by atoms with Crippen molar-refractivity contribution >= 4 is 51.8 Å². The zero-order valence-corrected chi connectivity index (χ0v) is 43.6. The van der Waals surface area contributed by atoms with Gasteiger partial charge >= 0.3 is 0 Å². The van der Waals surface area contributed by atoms with Crippen molar-refractivity contribution in [2.45, 2.75) is 162 Å². The first kappa shape index (κ1) is 67.2. The molecule has 0 radical (unpaired) electrons. The van der Waals surface area contributed by atoms with E-state index in [1.165, 1.54) is 66.9 Å². The van der Waals surface area contributed by atoms with Gasteiger partial charge in [-0.05, 0) is 122 Å². The number of benzene rings is 4. The molecule has 0 aliphatic carbocycles. The molecule has 0 amide bonds. The summed E-state index contributed by atoms with van der Waals surface area (Å²) in [6.45, 7) is 38.2. The Kier molecular flexibility index (Phi) is 43.8. The van der Waals surface area contributed by atoms with Crippen molar-refractivity contribution in [1.29, 1.82) is 5.26 Å². The number of fused-ring (bicyclic) bond motifs is 1. The minimum atomic E-state index is -0.323. The number of aldehydes is 2. The summed E-state index contributed by atoms with van der Waals surface area (Å²) >= 11 is 1.39. The third-order valence-corrected chi connectivity index (χ3v) is 9.49. The van der Waals surface area contributed by atoms with E-state index < -0.39 is 0 Å². The molecule has 0 saturated carbocycles. The molecule has 0 N–H and O–H groups in total. The van der Waals surface area contributed by atoms with Gasteiger partial charge in [0.2, 0.25) is 5.12 Å². The van der Waals surface area contributed by atoms with Crippen LogP contribution in [0.25, 0.3) is 10.8 Å². The van der Waals surface area contributed by atoms with E-state index in [0.717, 1.165) is 30.3 Å². The van der Waals surface area contributed by atoms with Crippen LogP contribution in [0, 0.1) is 31.1 Å². The average molecular weight is 890 g/mol. The number of methoxy groups -OCH3 is 1. The number of aryl methyl sites for hydroxylation is 3. The maximum atomic E-state index is 11.8. The van der Waals surface area contributed by atoms with Crippen molar-refractivity contribution < 1.29 is 33.4 Å². The van der Waals surface area contributed by atoms with Crippen LogP contribution in [-0.2, 0) is 25.5 Å². The number of ether oxygens (including phenoxy) is 2. The van der Waals surface area contributed by atoms with Gasteiger partial charge in [0.05, 0.1) is 24.3 Å². The Balaban J connectivity index is -0.000000220. The predicted octanol–water partition coefficient (Wildman–Crippen LogP) is 14.7. The quantitative estimate of drug-likeness (QED) is 0.125. The summed E-state index contributed by atoms with van der Waals surface area (Å²) in [6, 6.07) is 27.0. The molecule has 0 saturated heterocycles. The molecular weight excluding hydrogens is 807 g/mol. The number of thioether (sulfide) groups is 1. The zero-order valence-electron chi connectivity index (χ0n) is 42.8. The van der Waals surface area contributed by atoms with Crippen molar-refractivity contribution in [3.63, 3.8) is 0 Å². The number of Topliss-reactive ketones (excluding diaryl/α,β-unsaturated/α-hetero) is 2. The van der Waals surface area contributed by atoms with Gasteiger partial charge < -0.3 is 19.1 Å². The molecule has 0 spiro atoms. The van der Waals surface area contributed by atoms with Gasteiger partial charge in [-0.25, -0.2) is 0 Å². The summed E-state index contributed by atoms with van der Waals surface area (Å²) in [4.78, 5) is 51.1. The van der Waals surface area contributed by atoms with Gasteiger partial charge in [0.25, 0.3) is 0 Å². The number of nitriles is 1. The van der Waals surface area contributed by atoms with Gasteiger partial charge in [0.15, 0.2) is 11.6 Å². The molecule has 4 rings (SSSR count). The third-order valence-electron chi connectivity index (χ3n) is 8.01. The van der Waals surface area contributed by atoms with E-state index >= 15 is 0 Å². The standard InChI is InChI=1S/C13H14O.C12H24O2S.C10H10O2.C9H9N.2C2H4O.3C2H6/c1-3-11-12-7-5-4-6-10(12)8-9-13(11)14-2;1-8(2)10(4)15-11(13)9(3)14-12(5,6)7;1-7(11)9-3-5-10(6-4-9)8(2)12;1-7-3-4-9(6-10)5-8(7)2;2*1-2-3;3*1-2/h4-9H,3H2,1-2H3;8-10H,1-7H3;3-6H,1-2H3;3-5H,1-2H3;2*2H,1H3;3*1-2H3. The van der Waals surface area contributed by atoms with E-state index in [4.69, 9.17) is 24.3 Å². The van der Waals surface area contributed by atoms with Crippen LogP contribution in [0.15, 0.2) is 78.9 Å². The molecule has 0 heterocycles. The van der Waals surface area contributed by atoms with Crippen molar-refractivity contribution in [1.82, 2.24) is 0 Å². The summed E-state index contributed by atoms with van der Waals surface area (Å²) < 4.78 is 11.0. The molecule has 2 atom stereocenters. The Hall–Kier alpha value is -4.91. The first-order chi connectivity index (χ1) is 29.7. The highest BCUT2D eigenvalue weighted by atomic mass is 32.2. The highest BCUT2D eigenvalue weighted by Gasteiger charge is 2.23. The summed E-state index contributed by atoms with van der Waals surface area (Å²) in [7, 11) is 1.73. The van der Waals surface area contributed by atoms with Crippen LogP contribution in [0.4, 0.5) is 0 Å². The fourth-order valence-corrected chi connectivity index (χ4v) is 5.49. The van der Waals surface area contributed by atoms with Gasteiger partial charge in [0.1, 0.15) is 24.4 Å². The Bertz CT molecular complexity index is 1830. The monoisotopic (exact) mass is 890 g/mol. The SMILES string of the molecule is CC.CC.CC.CC(=O)c1ccc(C(C)=O)cc1.CC(OC(C)(C)C)C(=O)SC(C)C(C)C.CC=O.CC=O.CCc1c(OC)ccc2ccccc12.Cc1ccc(C#N)cc1C. The van der Waals surface area contributed by atoms with Gasteiger partial charge in [-0.3, -0.25) is 14.4 Å². The Labute approximate surface area is 388 Å². The van der Waals surface area contributed by atoms with Crippen LogP contribution in [0.3, 0.4) is 0 Å². The van der Waals surface area contributed by atoms with Crippen LogP contribution >= 0.6 is 11.8 Å². The molecule has 0 aliphatic rings. The van der Waals surface area contributed by atoms with Crippen molar-refractivity contribution in [2.24, 2.45) is 5.92 Å². The topological polar surface area (TPSA) is 128 Å². The number of rotatable bonds is 8. The molecule has 4 aromatic carbocycles. The first-order valence-corrected chi connectivity index (χ1v) is 22.9. The first-order valence-electron chi connectivity index (χ1n) is 22.0. The minimum absolute atomic E-state index is 0.0186. The normalized spacial score (nSPS) is 10.2. The van der Waals surface area contributed by atoms with Crippen LogP contribution in [-0.4, -0.2) is 53.3 Å². The lowest BCUT2D eigenvalue weighted by Crippen LogP contribution is -2.30. The third kappa shape index (κ3) is 32.4. The highest BCUT2D eigenvalue weighted by molar-refractivity contribution is 8.14. The molecule has 2 unspecified atom stereocenters. The fourth-order valence-electron chi connectivity index (χ4n) is 4.62. The van der Waals surface area contributed by atoms with Crippen LogP contribution < -0.4 is 4.74 Å². The summed E-state index contributed by atoms with van der Waals surface area (Å²) in [5, 5.41) is 11.6. The molecule has 0 fully saturated rings. The number of hydrogen-bond acceptors (Lipinski definition) is 9. The van der Waals surface area contributed by atoms with Crippen molar-refractivity contribution in [3.05, 3.63) is 112 Å². The van der Waals surface area contributed by atoms with Crippen LogP contribution in [0.1, 0.15) is 168 Å². The minimum Gasteiger partial charge on any atom is -0.496 e. The number of nitrogens with zero attached hydrogens (tertiary/aromatic N) is 1. The Morgan fingerprint density at radius 2 is 1.17 bits per heavy atom. The van der Waals surface area contributed by atoms with Gasteiger partial charge in [-0.15, -0.1) is 0 Å². The molecule has 0 aromatic heterocycles. The molecule has 4 aromatic rings. The van der Waals surface area contributed by atoms with E-state index in [2.05, 4.69) is 64.1 Å². The van der Waals surface area contributed by atoms with E-state index in [9.17, 15) is 14.4 Å². The van der Waals surface area contributed by atoms with E-state index in [0.29, 0.717) is 22.3 Å². The van der Waals surface area contributed by atoms with Crippen molar-refractivity contribution in [2.75, 3.05) is 7.11 Å². The van der Waals surface area contributed by atoms with E-state index in [-0.39, 0.29) is 28.4 Å². The van der Waals surface area contributed by atoms with Crippen molar-refractivity contribution in [3.8, 4) is 11.8 Å². The predicted molar refractivity (Wildman–Crippen MR) is 272 cm³/mol. The smallest absolute Gasteiger partial charge is 0.217 e. The maximum Gasteiger partial charge on any atom is 0.217 e. The second kappa shape index (κ2) is 41.1. The molecule has 352 valence electrons. The lowest BCUT2D eigenvalue weighted by atomic mass is 10.0. The molecule has 9 heteroatoms. The van der Waals surface area contributed by atoms with E-state index in [1.807, 2.05) is 107 Å². The highest BCUT2D eigenvalue weighted by Crippen LogP contribution is 2.28. The summed E-state index contributed by atoms with van der Waals surface area (Å²) in [5.41, 5.74) is 5.48. The zero-order chi connectivity index (χ0) is 50.3. The molecular formula is C54H83NO7S. The lowest BCUT2D eigenvalue weighted by Gasteiger charge is -2.25. The Morgan fingerprint density at radius 3 is 1.52 bits per heavy atom. The van der Waals surface area contributed by atoms with Gasteiger partial charge in [-0.1, -0.05) is 142 Å². The van der Waals surface area contributed by atoms with Crippen LogP contribution in [0.5, 0.6) is 5.75 Å². The molecule has 63 heavy (non-hydrogen) atoms. The van der Waals surface area contributed by atoms with E-state index in [1.54, 1.807) is 31.4 Å². The number of ketones is 2. The second-order valence-electron chi connectivity index (χ2n) is 14.2. The number of carbonyl (C=O) groups excluding carboxylic acids is 5. The lowest BCUT2D eigenvalue weighted by molar-refractivity contribution is -0.129. The maximum absolute atomic E-state index is 11.8. The second-order valence-corrected chi connectivity index (χ2v) is 15.5. The molecule has 0 bridgehead atoms. The molecule has 0 aliphatic heterocycles. The van der Waals surface area contributed by atoms with Gasteiger partial charge in [0, 0.05) is 21.9 Å². The summed E-state index contributed by atoms with van der Waals surface area (Å²) in [6.07, 6.45) is 2.18. The van der Waals surface area contributed by atoms with Gasteiger partial charge in [-0.2, -0.15) is 5.26 Å². The Morgan fingerprint density at radius 1 is 0.730 bits per heavy atom.